The van der Waals surface area contributed by atoms with Crippen molar-refractivity contribution in [1.82, 2.24) is 0 Å². The van der Waals surface area contributed by atoms with E-state index in [0.717, 1.165) is 24.5 Å². The first-order valence-corrected chi connectivity index (χ1v) is 14.3. The maximum Gasteiger partial charge on any atom is 0.122 e. The molecule has 0 aliphatic rings. The van der Waals surface area contributed by atoms with Gasteiger partial charge in [0, 0.05) is 0 Å². The zero-order chi connectivity index (χ0) is 28.4. The third-order valence-corrected chi connectivity index (χ3v) is 6.07. The minimum atomic E-state index is 0.285. The van der Waals surface area contributed by atoms with Gasteiger partial charge in [-0.3, -0.25) is 0 Å². The lowest BCUT2D eigenvalue weighted by Crippen LogP contribution is -2.26. The summed E-state index contributed by atoms with van der Waals surface area (Å²) >= 11 is 0. The van der Waals surface area contributed by atoms with E-state index in [1.54, 1.807) is 0 Å². The summed E-state index contributed by atoms with van der Waals surface area (Å²) in [5.74, 6) is 2.43. The topological polar surface area (TPSA) is 44.5 Å². The number of nitrogens with two attached hydrogens (primary N) is 1. The Hall–Kier alpha value is -1.48. The highest BCUT2D eigenvalue weighted by Crippen LogP contribution is 2.46. The molecule has 35 heavy (non-hydrogen) atoms. The number of allylic oxidation sites excluding steroid dienone is 1. The van der Waals surface area contributed by atoms with E-state index >= 15 is 0 Å². The van der Waals surface area contributed by atoms with E-state index in [4.69, 9.17) is 9.47 Å². The first-order valence-electron chi connectivity index (χ1n) is 14.3. The fraction of sp³-hybridized carbons (Fsp3) is 0.750. The molecule has 1 aromatic rings. The van der Waals surface area contributed by atoms with Gasteiger partial charge in [-0.2, -0.15) is 0 Å². The summed E-state index contributed by atoms with van der Waals surface area (Å²) in [7, 11) is 1.50. The standard InChI is InChI=1S/C21H36O.C5H10O.C3H8.C2H6.CH5N/c1-8-14-21(10-3,11-4)18(7)19-12-13-20(16(5)15-19)22-17(6)9-2;1-4-6-5(2)3;1-3-2;2*1-2/h12-13,15,17-18H,8-11,14H2,1-7H3;2,4H2,1,3H3;3H2,1-2H3;1-2H3;2H2,1H3. The van der Waals surface area contributed by atoms with Gasteiger partial charge in [0.1, 0.15) is 5.75 Å². The van der Waals surface area contributed by atoms with Gasteiger partial charge >= 0.3 is 0 Å². The maximum absolute atomic E-state index is 6.01. The van der Waals surface area contributed by atoms with E-state index in [9.17, 15) is 0 Å². The van der Waals surface area contributed by atoms with E-state index in [1.807, 2.05) is 27.7 Å². The van der Waals surface area contributed by atoms with Gasteiger partial charge in [0.2, 0.25) is 0 Å². The molecule has 3 heteroatoms. The van der Waals surface area contributed by atoms with Crippen molar-refractivity contribution in [1.29, 1.82) is 0 Å². The molecule has 0 bridgehead atoms. The summed E-state index contributed by atoms with van der Waals surface area (Å²) < 4.78 is 10.9. The molecule has 0 spiro atoms. The predicted molar refractivity (Wildman–Crippen MR) is 162 cm³/mol. The molecular formula is C32H65NO2. The van der Waals surface area contributed by atoms with E-state index in [0.29, 0.717) is 11.3 Å². The highest BCUT2D eigenvalue weighted by molar-refractivity contribution is 5.38. The van der Waals surface area contributed by atoms with Crippen molar-refractivity contribution in [3.05, 3.63) is 41.7 Å². The molecule has 0 saturated carbocycles. The Labute approximate surface area is 222 Å². The van der Waals surface area contributed by atoms with Crippen molar-refractivity contribution in [3.63, 3.8) is 0 Å². The van der Waals surface area contributed by atoms with Crippen LogP contribution >= 0.6 is 0 Å². The molecule has 2 unspecified atom stereocenters. The van der Waals surface area contributed by atoms with Crippen molar-refractivity contribution in [3.8, 4) is 5.75 Å². The smallest absolute Gasteiger partial charge is 0.122 e. The Morgan fingerprint density at radius 2 is 1.46 bits per heavy atom. The van der Waals surface area contributed by atoms with Crippen LogP contribution in [-0.2, 0) is 4.74 Å². The lowest BCUT2D eigenvalue weighted by atomic mass is 9.66. The highest BCUT2D eigenvalue weighted by atomic mass is 16.5. The third kappa shape index (κ3) is 18.4. The molecule has 0 amide bonds. The van der Waals surface area contributed by atoms with Crippen LogP contribution in [0.1, 0.15) is 139 Å². The molecule has 2 N–H and O–H groups in total. The van der Waals surface area contributed by atoms with Crippen LogP contribution in [0, 0.1) is 12.3 Å². The minimum absolute atomic E-state index is 0.285. The van der Waals surface area contributed by atoms with Crippen LogP contribution in [0.3, 0.4) is 0 Å². The lowest BCUT2D eigenvalue weighted by molar-refractivity contribution is 0.190. The largest absolute Gasteiger partial charge is 0.499 e. The molecule has 2 atom stereocenters. The van der Waals surface area contributed by atoms with E-state index in [-0.39, 0.29) is 6.10 Å². The molecule has 0 heterocycles. The van der Waals surface area contributed by atoms with Crippen LogP contribution in [0.25, 0.3) is 0 Å². The molecular weight excluding hydrogens is 430 g/mol. The molecule has 210 valence electrons. The van der Waals surface area contributed by atoms with Crippen LogP contribution in [0.2, 0.25) is 0 Å². The van der Waals surface area contributed by atoms with Gasteiger partial charge in [-0.15, -0.1) is 0 Å². The van der Waals surface area contributed by atoms with Gasteiger partial charge in [0.05, 0.1) is 18.5 Å². The Bertz CT molecular complexity index is 579. The summed E-state index contributed by atoms with van der Waals surface area (Å²) in [6, 6.07) is 6.80. The number of rotatable bonds is 11. The molecule has 3 nitrogen and oxygen atoms in total. The van der Waals surface area contributed by atoms with E-state index in [1.165, 1.54) is 50.3 Å². The van der Waals surface area contributed by atoms with Gasteiger partial charge in [0.25, 0.3) is 0 Å². The van der Waals surface area contributed by atoms with Gasteiger partial charge < -0.3 is 15.2 Å². The molecule has 0 fully saturated rings. The van der Waals surface area contributed by atoms with E-state index in [2.05, 4.69) is 92.8 Å². The Morgan fingerprint density at radius 1 is 0.971 bits per heavy atom. The average Bonchev–Trinajstić information content (AvgIpc) is 2.86. The van der Waals surface area contributed by atoms with Crippen LogP contribution in [0.5, 0.6) is 5.75 Å². The number of aryl methyl sites for hydroxylation is 1. The monoisotopic (exact) mass is 496 g/mol. The number of benzene rings is 1. The van der Waals surface area contributed by atoms with Crippen LogP contribution in [0.4, 0.5) is 0 Å². The Balaban J connectivity index is -0.000000308. The summed E-state index contributed by atoms with van der Waals surface area (Å²) in [5, 5.41) is 0. The van der Waals surface area contributed by atoms with Crippen LogP contribution < -0.4 is 10.5 Å². The molecule has 0 radical (unpaired) electrons. The fourth-order valence-electron chi connectivity index (χ4n) is 3.90. The van der Waals surface area contributed by atoms with Crippen molar-refractivity contribution >= 4 is 0 Å². The summed E-state index contributed by atoms with van der Waals surface area (Å²) in [6.07, 6.45) is 7.66. The minimum Gasteiger partial charge on any atom is -0.499 e. The SMILES string of the molecule is C=C(C)OCC.CC.CCC.CCCC(CC)(CC)C(C)c1ccc(OC(C)CC)c(C)c1.CN. The zero-order valence-electron chi connectivity index (χ0n) is 26.4. The Morgan fingerprint density at radius 3 is 1.74 bits per heavy atom. The predicted octanol–water partition coefficient (Wildman–Crippen LogP) is 10.5. The highest BCUT2D eigenvalue weighted by Gasteiger charge is 2.32. The van der Waals surface area contributed by atoms with Crippen LogP contribution in [0.15, 0.2) is 30.5 Å². The summed E-state index contributed by atoms with van der Waals surface area (Å²) in [4.78, 5) is 0. The van der Waals surface area contributed by atoms with Crippen molar-refractivity contribution in [2.75, 3.05) is 13.7 Å². The summed E-state index contributed by atoms with van der Waals surface area (Å²) in [6.45, 7) is 32.2. The average molecular weight is 496 g/mol. The molecule has 0 saturated heterocycles. The molecule has 1 rings (SSSR count). The van der Waals surface area contributed by atoms with Crippen molar-refractivity contribution in [2.24, 2.45) is 11.1 Å². The first-order chi connectivity index (χ1) is 16.6. The Kier molecular flexibility index (Phi) is 31.5. The fourth-order valence-corrected chi connectivity index (χ4v) is 3.90. The second-order valence-electron chi connectivity index (χ2n) is 8.74. The second kappa shape index (κ2) is 27.1. The van der Waals surface area contributed by atoms with Crippen LogP contribution in [-0.4, -0.2) is 19.8 Å². The zero-order valence-corrected chi connectivity index (χ0v) is 26.4. The molecule has 1 aromatic carbocycles. The normalized spacial score (nSPS) is 11.4. The number of ether oxygens (including phenoxy) is 2. The van der Waals surface area contributed by atoms with Gasteiger partial charge in [0.15, 0.2) is 0 Å². The quantitative estimate of drug-likeness (QED) is 0.310. The number of hydrogen-bond acceptors (Lipinski definition) is 3. The molecule has 0 aromatic heterocycles. The second-order valence-corrected chi connectivity index (χ2v) is 8.74. The maximum atomic E-state index is 6.01. The lowest BCUT2D eigenvalue weighted by Gasteiger charge is -2.38. The van der Waals surface area contributed by atoms with Crippen molar-refractivity contribution in [2.45, 2.75) is 141 Å². The van der Waals surface area contributed by atoms with Gasteiger partial charge in [-0.1, -0.05) is 93.9 Å². The first kappa shape index (κ1) is 40.7. The van der Waals surface area contributed by atoms with Gasteiger partial charge in [-0.25, -0.2) is 0 Å². The van der Waals surface area contributed by atoms with Crippen molar-refractivity contribution < 1.29 is 9.47 Å². The number of hydrogen-bond donors (Lipinski definition) is 1. The van der Waals surface area contributed by atoms with E-state index < -0.39 is 0 Å². The summed E-state index contributed by atoms with van der Waals surface area (Å²) in [5.41, 5.74) is 7.66. The molecule has 0 aliphatic carbocycles. The molecule has 0 aliphatic heterocycles. The third-order valence-electron chi connectivity index (χ3n) is 6.07. The van der Waals surface area contributed by atoms with Gasteiger partial charge in [-0.05, 0) is 89.0 Å².